The zero-order valence-corrected chi connectivity index (χ0v) is 16.8. The van der Waals surface area contributed by atoms with Crippen molar-refractivity contribution in [3.63, 3.8) is 0 Å². The topological polar surface area (TPSA) is 102 Å². The molecule has 0 saturated heterocycles. The van der Waals surface area contributed by atoms with Gasteiger partial charge in [0, 0.05) is 18.7 Å². The number of aromatic amines is 1. The molecule has 150 valence electrons. The lowest BCUT2D eigenvalue weighted by molar-refractivity contribution is 0.0997. The summed E-state index contributed by atoms with van der Waals surface area (Å²) in [6, 6.07) is 7.96. The number of benzene rings is 2. The maximum atomic E-state index is 12.2. The highest BCUT2D eigenvalue weighted by molar-refractivity contribution is 6.10. The van der Waals surface area contributed by atoms with E-state index in [9.17, 15) is 4.79 Å². The SMILES string of the molecule is CCn1cnc2cc(-c3cc(OCCN(C)C)c(C(N)=O)c4[nH]cnc34)ccc21. The molecule has 1 amide bonds. The number of imidazole rings is 2. The molecule has 0 aliphatic carbocycles. The molecular formula is C21H24N6O2. The number of rotatable bonds is 7. The number of hydrogen-bond donors (Lipinski definition) is 2. The molecule has 8 heteroatoms. The molecule has 8 nitrogen and oxygen atoms in total. The first-order valence-corrected chi connectivity index (χ1v) is 9.52. The molecule has 2 heterocycles. The van der Waals surface area contributed by atoms with E-state index in [1.165, 1.54) is 0 Å². The van der Waals surface area contributed by atoms with Crippen LogP contribution < -0.4 is 10.5 Å². The summed E-state index contributed by atoms with van der Waals surface area (Å²) in [5.74, 6) is -0.104. The second-order valence-corrected chi connectivity index (χ2v) is 7.17. The largest absolute Gasteiger partial charge is 0.491 e. The lowest BCUT2D eigenvalue weighted by atomic mass is 9.99. The number of hydrogen-bond acceptors (Lipinski definition) is 5. The number of carbonyl (C=O) groups excluding carboxylic acids is 1. The van der Waals surface area contributed by atoms with E-state index in [0.29, 0.717) is 29.0 Å². The van der Waals surface area contributed by atoms with Gasteiger partial charge in [-0.05, 0) is 44.8 Å². The number of nitrogens with zero attached hydrogens (tertiary/aromatic N) is 4. The Kier molecular flexibility index (Phi) is 4.94. The molecular weight excluding hydrogens is 368 g/mol. The highest BCUT2D eigenvalue weighted by atomic mass is 16.5. The van der Waals surface area contributed by atoms with Crippen molar-refractivity contribution < 1.29 is 9.53 Å². The summed E-state index contributed by atoms with van der Waals surface area (Å²) in [6.07, 6.45) is 3.40. The van der Waals surface area contributed by atoms with Crippen LogP contribution in [0, 0.1) is 0 Å². The van der Waals surface area contributed by atoms with Gasteiger partial charge >= 0.3 is 0 Å². The standard InChI is InChI=1S/C21H24N6O2/c1-4-27-12-25-15-9-13(5-6-16(15)27)14-10-17(29-8-7-26(2)3)18(21(22)28)20-19(14)23-11-24-20/h5-6,9-12H,4,7-8H2,1-3H3,(H2,22,28)(H,23,24). The van der Waals surface area contributed by atoms with E-state index in [0.717, 1.165) is 35.2 Å². The van der Waals surface area contributed by atoms with Crippen molar-refractivity contribution >= 4 is 28.0 Å². The summed E-state index contributed by atoms with van der Waals surface area (Å²) >= 11 is 0. The Morgan fingerprint density at radius 3 is 2.83 bits per heavy atom. The predicted octanol–water partition coefficient (Wildman–Crippen LogP) is 2.64. The number of ether oxygens (including phenoxy) is 1. The van der Waals surface area contributed by atoms with Crippen molar-refractivity contribution in [1.29, 1.82) is 0 Å². The molecule has 2 aromatic heterocycles. The van der Waals surface area contributed by atoms with Gasteiger partial charge in [0.05, 0.1) is 34.7 Å². The fourth-order valence-electron chi connectivity index (χ4n) is 3.48. The van der Waals surface area contributed by atoms with Crippen LogP contribution in [-0.4, -0.2) is 57.6 Å². The number of nitrogens with two attached hydrogens (primary N) is 1. The van der Waals surface area contributed by atoms with Gasteiger partial charge in [0.25, 0.3) is 5.91 Å². The first-order valence-electron chi connectivity index (χ1n) is 9.52. The van der Waals surface area contributed by atoms with E-state index in [-0.39, 0.29) is 0 Å². The van der Waals surface area contributed by atoms with E-state index in [1.807, 2.05) is 49.6 Å². The molecule has 0 bridgehead atoms. The molecule has 4 rings (SSSR count). The monoisotopic (exact) mass is 392 g/mol. The van der Waals surface area contributed by atoms with Gasteiger partial charge in [-0.15, -0.1) is 0 Å². The van der Waals surface area contributed by atoms with Gasteiger partial charge in [0.15, 0.2) is 0 Å². The Balaban J connectivity index is 1.86. The number of H-pyrrole nitrogens is 1. The molecule has 0 spiro atoms. The van der Waals surface area contributed by atoms with Crippen LogP contribution in [-0.2, 0) is 6.54 Å². The Morgan fingerprint density at radius 2 is 2.10 bits per heavy atom. The van der Waals surface area contributed by atoms with Crippen LogP contribution in [0.4, 0.5) is 0 Å². The molecule has 0 saturated carbocycles. The third kappa shape index (κ3) is 3.42. The van der Waals surface area contributed by atoms with Gasteiger partial charge in [0.2, 0.25) is 0 Å². The normalized spacial score (nSPS) is 11.6. The van der Waals surface area contributed by atoms with Crippen LogP contribution in [0.2, 0.25) is 0 Å². The lowest BCUT2D eigenvalue weighted by Gasteiger charge is -2.15. The van der Waals surface area contributed by atoms with E-state index >= 15 is 0 Å². The average molecular weight is 392 g/mol. The summed E-state index contributed by atoms with van der Waals surface area (Å²) < 4.78 is 8.04. The van der Waals surface area contributed by atoms with Gasteiger partial charge in [0.1, 0.15) is 17.9 Å². The second kappa shape index (κ2) is 7.56. The minimum atomic E-state index is -0.553. The van der Waals surface area contributed by atoms with Crippen LogP contribution >= 0.6 is 0 Å². The number of fused-ring (bicyclic) bond motifs is 2. The molecule has 0 aliphatic rings. The van der Waals surface area contributed by atoms with Crippen molar-refractivity contribution in [2.24, 2.45) is 5.73 Å². The summed E-state index contributed by atoms with van der Waals surface area (Å²) in [4.78, 5) is 26.2. The molecule has 0 radical (unpaired) electrons. The Labute approximate surface area is 168 Å². The number of aryl methyl sites for hydroxylation is 1. The number of primary amides is 1. The first kappa shape index (κ1) is 18.9. The smallest absolute Gasteiger partial charge is 0.254 e. The van der Waals surface area contributed by atoms with Crippen LogP contribution in [0.1, 0.15) is 17.3 Å². The minimum absolute atomic E-state index is 0.316. The minimum Gasteiger partial charge on any atom is -0.491 e. The molecule has 4 aromatic rings. The zero-order chi connectivity index (χ0) is 20.5. The molecule has 0 fully saturated rings. The van der Waals surface area contributed by atoms with E-state index in [1.54, 1.807) is 6.33 Å². The van der Waals surface area contributed by atoms with Crippen molar-refractivity contribution in [3.05, 3.63) is 42.5 Å². The fraction of sp³-hybridized carbons (Fsp3) is 0.286. The van der Waals surface area contributed by atoms with Gasteiger partial charge < -0.3 is 24.9 Å². The van der Waals surface area contributed by atoms with Gasteiger partial charge in [-0.1, -0.05) is 6.07 Å². The number of amides is 1. The second-order valence-electron chi connectivity index (χ2n) is 7.17. The maximum Gasteiger partial charge on any atom is 0.254 e. The van der Waals surface area contributed by atoms with Crippen LogP contribution in [0.5, 0.6) is 5.75 Å². The first-order chi connectivity index (χ1) is 14.0. The van der Waals surface area contributed by atoms with Crippen LogP contribution in [0.3, 0.4) is 0 Å². The number of carbonyl (C=O) groups is 1. The number of nitrogens with one attached hydrogen (secondary N) is 1. The average Bonchev–Trinajstić information content (AvgIpc) is 3.32. The summed E-state index contributed by atoms with van der Waals surface area (Å²) in [5.41, 5.74) is 11.0. The zero-order valence-electron chi connectivity index (χ0n) is 16.8. The van der Waals surface area contributed by atoms with Crippen molar-refractivity contribution in [3.8, 4) is 16.9 Å². The lowest BCUT2D eigenvalue weighted by Crippen LogP contribution is -2.21. The quantitative estimate of drug-likeness (QED) is 0.503. The third-order valence-electron chi connectivity index (χ3n) is 4.98. The molecule has 3 N–H and O–H groups in total. The van der Waals surface area contributed by atoms with E-state index in [2.05, 4.69) is 26.4 Å². The molecule has 29 heavy (non-hydrogen) atoms. The van der Waals surface area contributed by atoms with Crippen molar-refractivity contribution in [1.82, 2.24) is 24.4 Å². The van der Waals surface area contributed by atoms with Gasteiger partial charge in [-0.25, -0.2) is 9.97 Å². The van der Waals surface area contributed by atoms with Crippen LogP contribution in [0.15, 0.2) is 36.9 Å². The highest BCUT2D eigenvalue weighted by Crippen LogP contribution is 2.36. The molecule has 0 aliphatic heterocycles. The Morgan fingerprint density at radius 1 is 1.28 bits per heavy atom. The number of likely N-dealkylation sites (N-methyl/N-ethyl adjacent to an activating group) is 1. The Bertz CT molecular complexity index is 1190. The highest BCUT2D eigenvalue weighted by Gasteiger charge is 2.21. The molecule has 0 unspecified atom stereocenters. The third-order valence-corrected chi connectivity index (χ3v) is 4.98. The van der Waals surface area contributed by atoms with Gasteiger partial charge in [-0.2, -0.15) is 0 Å². The molecule has 2 aromatic carbocycles. The molecule has 0 atom stereocenters. The van der Waals surface area contributed by atoms with Gasteiger partial charge in [-0.3, -0.25) is 4.79 Å². The maximum absolute atomic E-state index is 12.2. The predicted molar refractivity (Wildman–Crippen MR) is 113 cm³/mol. The van der Waals surface area contributed by atoms with Crippen molar-refractivity contribution in [2.75, 3.05) is 27.2 Å². The van der Waals surface area contributed by atoms with Crippen LogP contribution in [0.25, 0.3) is 33.2 Å². The summed E-state index contributed by atoms with van der Waals surface area (Å²) in [5, 5.41) is 0. The number of aromatic nitrogens is 4. The van der Waals surface area contributed by atoms with Crippen molar-refractivity contribution in [2.45, 2.75) is 13.5 Å². The fourth-order valence-corrected chi connectivity index (χ4v) is 3.48. The summed E-state index contributed by atoms with van der Waals surface area (Å²) in [6.45, 7) is 4.10. The van der Waals surface area contributed by atoms with E-state index in [4.69, 9.17) is 10.5 Å². The Hall–Kier alpha value is -3.39. The summed E-state index contributed by atoms with van der Waals surface area (Å²) in [7, 11) is 3.93. The van der Waals surface area contributed by atoms with E-state index < -0.39 is 5.91 Å².